The SMILES string of the molecule is CCNC(=NCC(C)Oc1cccc(F)c1)NC1CCN(c2cccc(C)n2)CC1. The fraction of sp³-hybridized carbons (Fsp3) is 0.478. The lowest BCUT2D eigenvalue weighted by Crippen LogP contribution is -2.49. The van der Waals surface area contributed by atoms with Crippen LogP contribution in [0.2, 0.25) is 0 Å². The molecule has 0 saturated carbocycles. The first-order valence-corrected chi connectivity index (χ1v) is 10.7. The lowest BCUT2D eigenvalue weighted by Gasteiger charge is -2.34. The summed E-state index contributed by atoms with van der Waals surface area (Å²) in [5.74, 6) is 2.06. The predicted molar refractivity (Wildman–Crippen MR) is 120 cm³/mol. The Morgan fingerprint density at radius 1 is 1.27 bits per heavy atom. The zero-order valence-electron chi connectivity index (χ0n) is 18.1. The van der Waals surface area contributed by atoms with Crippen LogP contribution in [0.5, 0.6) is 5.75 Å². The van der Waals surface area contributed by atoms with Gasteiger partial charge in [-0.05, 0) is 57.9 Å². The Bertz CT molecular complexity index is 836. The molecule has 2 aromatic rings. The van der Waals surface area contributed by atoms with E-state index in [-0.39, 0.29) is 11.9 Å². The number of rotatable bonds is 7. The summed E-state index contributed by atoms with van der Waals surface area (Å²) >= 11 is 0. The van der Waals surface area contributed by atoms with Crippen LogP contribution in [0.4, 0.5) is 10.2 Å². The highest BCUT2D eigenvalue weighted by Crippen LogP contribution is 2.18. The van der Waals surface area contributed by atoms with E-state index in [1.54, 1.807) is 12.1 Å². The Morgan fingerprint density at radius 3 is 2.73 bits per heavy atom. The van der Waals surface area contributed by atoms with Crippen molar-refractivity contribution in [2.75, 3.05) is 31.1 Å². The van der Waals surface area contributed by atoms with Crippen LogP contribution in [-0.2, 0) is 0 Å². The van der Waals surface area contributed by atoms with E-state index < -0.39 is 0 Å². The molecule has 7 heteroatoms. The molecule has 6 nitrogen and oxygen atoms in total. The summed E-state index contributed by atoms with van der Waals surface area (Å²) in [4.78, 5) is 11.6. The van der Waals surface area contributed by atoms with Crippen LogP contribution in [0.25, 0.3) is 0 Å². The Morgan fingerprint density at radius 2 is 2.03 bits per heavy atom. The molecule has 1 aliphatic rings. The molecule has 1 aromatic heterocycles. The third kappa shape index (κ3) is 6.61. The highest BCUT2D eigenvalue weighted by atomic mass is 19.1. The molecule has 0 aliphatic carbocycles. The maximum absolute atomic E-state index is 13.3. The fourth-order valence-corrected chi connectivity index (χ4v) is 3.50. The van der Waals surface area contributed by atoms with Gasteiger partial charge >= 0.3 is 0 Å². The molecule has 1 fully saturated rings. The average Bonchev–Trinajstić information content (AvgIpc) is 2.73. The maximum atomic E-state index is 13.3. The third-order valence-corrected chi connectivity index (χ3v) is 5.02. The van der Waals surface area contributed by atoms with Crippen molar-refractivity contribution in [3.05, 3.63) is 54.0 Å². The molecule has 0 spiro atoms. The number of aromatic nitrogens is 1. The van der Waals surface area contributed by atoms with Crippen molar-refractivity contribution in [2.24, 2.45) is 4.99 Å². The van der Waals surface area contributed by atoms with Crippen LogP contribution in [-0.4, -0.2) is 49.3 Å². The van der Waals surface area contributed by atoms with Gasteiger partial charge in [0.1, 0.15) is 23.5 Å². The fourth-order valence-electron chi connectivity index (χ4n) is 3.50. The van der Waals surface area contributed by atoms with E-state index in [1.807, 2.05) is 19.9 Å². The number of nitrogens with one attached hydrogen (secondary N) is 2. The van der Waals surface area contributed by atoms with Gasteiger partial charge in [0.2, 0.25) is 0 Å². The molecule has 3 rings (SSSR count). The van der Waals surface area contributed by atoms with Crippen LogP contribution >= 0.6 is 0 Å². The quantitative estimate of drug-likeness (QED) is 0.537. The van der Waals surface area contributed by atoms with Gasteiger partial charge in [-0.15, -0.1) is 0 Å². The van der Waals surface area contributed by atoms with Gasteiger partial charge < -0.3 is 20.3 Å². The van der Waals surface area contributed by atoms with Crippen molar-refractivity contribution in [1.29, 1.82) is 0 Å². The topological polar surface area (TPSA) is 61.8 Å². The number of aliphatic imine (C=N–C) groups is 1. The lowest BCUT2D eigenvalue weighted by atomic mass is 10.1. The molecule has 162 valence electrons. The number of nitrogens with zero attached hydrogens (tertiary/aromatic N) is 3. The molecule has 0 amide bonds. The van der Waals surface area contributed by atoms with Crippen molar-refractivity contribution >= 4 is 11.8 Å². The molecule has 2 heterocycles. The maximum Gasteiger partial charge on any atom is 0.191 e. The molecule has 1 aromatic carbocycles. The summed E-state index contributed by atoms with van der Waals surface area (Å²) < 4.78 is 19.1. The first-order chi connectivity index (χ1) is 14.5. The summed E-state index contributed by atoms with van der Waals surface area (Å²) in [5.41, 5.74) is 1.05. The average molecular weight is 414 g/mol. The van der Waals surface area contributed by atoms with Gasteiger partial charge in [-0.2, -0.15) is 0 Å². The summed E-state index contributed by atoms with van der Waals surface area (Å²) in [5, 5.41) is 6.85. The molecule has 30 heavy (non-hydrogen) atoms. The Kier molecular flexibility index (Phi) is 7.88. The summed E-state index contributed by atoms with van der Waals surface area (Å²) in [6, 6.07) is 12.7. The van der Waals surface area contributed by atoms with E-state index in [0.29, 0.717) is 18.3 Å². The number of anilines is 1. The van der Waals surface area contributed by atoms with Gasteiger partial charge in [-0.1, -0.05) is 12.1 Å². The van der Waals surface area contributed by atoms with Crippen LogP contribution in [0.3, 0.4) is 0 Å². The molecular formula is C23H32FN5O. The molecule has 1 aliphatic heterocycles. The molecule has 0 radical (unpaired) electrons. The summed E-state index contributed by atoms with van der Waals surface area (Å²) in [6.07, 6.45) is 1.89. The highest BCUT2D eigenvalue weighted by Gasteiger charge is 2.21. The Balaban J connectivity index is 1.50. The zero-order valence-corrected chi connectivity index (χ0v) is 18.1. The van der Waals surface area contributed by atoms with Crippen molar-refractivity contribution in [2.45, 2.75) is 45.8 Å². The number of ether oxygens (including phenoxy) is 1. The number of benzene rings is 1. The molecular weight excluding hydrogens is 381 g/mol. The minimum absolute atomic E-state index is 0.156. The van der Waals surface area contributed by atoms with E-state index in [2.05, 4.69) is 44.6 Å². The van der Waals surface area contributed by atoms with E-state index in [9.17, 15) is 4.39 Å². The molecule has 0 bridgehead atoms. The van der Waals surface area contributed by atoms with Crippen molar-refractivity contribution in [3.63, 3.8) is 0 Å². The second kappa shape index (κ2) is 10.8. The summed E-state index contributed by atoms with van der Waals surface area (Å²) in [7, 11) is 0. The van der Waals surface area contributed by atoms with Crippen molar-refractivity contribution in [1.82, 2.24) is 15.6 Å². The third-order valence-electron chi connectivity index (χ3n) is 5.02. The smallest absolute Gasteiger partial charge is 0.191 e. The first kappa shape index (κ1) is 21.9. The van der Waals surface area contributed by atoms with Crippen LogP contribution in [0.1, 0.15) is 32.4 Å². The van der Waals surface area contributed by atoms with Crippen molar-refractivity contribution < 1.29 is 9.13 Å². The van der Waals surface area contributed by atoms with Crippen LogP contribution in [0.15, 0.2) is 47.5 Å². The second-order valence-corrected chi connectivity index (χ2v) is 7.65. The van der Waals surface area contributed by atoms with E-state index in [4.69, 9.17) is 4.74 Å². The van der Waals surface area contributed by atoms with Crippen LogP contribution < -0.4 is 20.3 Å². The van der Waals surface area contributed by atoms with Crippen molar-refractivity contribution in [3.8, 4) is 5.75 Å². The van der Waals surface area contributed by atoms with E-state index in [0.717, 1.165) is 49.9 Å². The number of halogens is 1. The molecule has 1 atom stereocenters. The minimum Gasteiger partial charge on any atom is -0.489 e. The molecule has 1 unspecified atom stereocenters. The molecule has 2 N–H and O–H groups in total. The predicted octanol–water partition coefficient (Wildman–Crippen LogP) is 3.52. The normalized spacial score (nSPS) is 16.3. The monoisotopic (exact) mass is 413 g/mol. The Labute approximate surface area is 178 Å². The van der Waals surface area contributed by atoms with E-state index in [1.165, 1.54) is 12.1 Å². The van der Waals surface area contributed by atoms with Gasteiger partial charge in [0, 0.05) is 37.4 Å². The first-order valence-electron chi connectivity index (χ1n) is 10.7. The van der Waals surface area contributed by atoms with Gasteiger partial charge in [0.25, 0.3) is 0 Å². The Hall–Kier alpha value is -2.83. The summed E-state index contributed by atoms with van der Waals surface area (Å²) in [6.45, 7) is 9.21. The van der Waals surface area contributed by atoms with Gasteiger partial charge in [-0.3, -0.25) is 0 Å². The second-order valence-electron chi connectivity index (χ2n) is 7.65. The number of hydrogen-bond acceptors (Lipinski definition) is 4. The van der Waals surface area contributed by atoms with E-state index >= 15 is 0 Å². The zero-order chi connectivity index (χ0) is 21.3. The standard InChI is InChI=1S/C23H32FN5O/c1-4-25-23(26-16-18(3)30-21-9-6-8-19(24)15-21)28-20-11-13-29(14-12-20)22-10-5-7-17(2)27-22/h5-10,15,18,20H,4,11-14,16H2,1-3H3,(H2,25,26,28). The van der Waals surface area contributed by atoms with Gasteiger partial charge in [-0.25, -0.2) is 14.4 Å². The van der Waals surface area contributed by atoms with Gasteiger partial charge in [0.15, 0.2) is 5.96 Å². The molecule has 1 saturated heterocycles. The number of piperidine rings is 1. The lowest BCUT2D eigenvalue weighted by molar-refractivity contribution is 0.229. The number of guanidine groups is 1. The number of hydrogen-bond donors (Lipinski definition) is 2. The minimum atomic E-state index is -0.301. The highest BCUT2D eigenvalue weighted by molar-refractivity contribution is 5.80. The van der Waals surface area contributed by atoms with Crippen LogP contribution in [0, 0.1) is 12.7 Å². The number of aryl methyl sites for hydroxylation is 1. The number of pyridine rings is 1. The largest absolute Gasteiger partial charge is 0.489 e. The van der Waals surface area contributed by atoms with Gasteiger partial charge in [0.05, 0.1) is 6.54 Å².